The summed E-state index contributed by atoms with van der Waals surface area (Å²) in [5.41, 5.74) is 1.57. The molecule has 1 fully saturated rings. The Morgan fingerprint density at radius 1 is 1.50 bits per heavy atom. The molecule has 1 aromatic rings. The number of aliphatic hydroxyl groups is 1. The highest BCUT2D eigenvalue weighted by atomic mass is 19.1. The SMILES string of the molecule is COCCN(c1ccc(F)cc1C(C)O)C1CC1. The molecule has 4 heteroatoms. The summed E-state index contributed by atoms with van der Waals surface area (Å²) < 4.78 is 18.4. The monoisotopic (exact) mass is 253 g/mol. The lowest BCUT2D eigenvalue weighted by molar-refractivity contribution is 0.196. The highest BCUT2D eigenvalue weighted by Crippen LogP contribution is 2.35. The summed E-state index contributed by atoms with van der Waals surface area (Å²) in [6, 6.07) is 5.12. The lowest BCUT2D eigenvalue weighted by Crippen LogP contribution is -2.30. The van der Waals surface area contributed by atoms with E-state index >= 15 is 0 Å². The Morgan fingerprint density at radius 2 is 2.22 bits per heavy atom. The van der Waals surface area contributed by atoms with Crippen LogP contribution in [0.1, 0.15) is 31.4 Å². The molecule has 0 saturated heterocycles. The fourth-order valence-electron chi connectivity index (χ4n) is 2.20. The zero-order valence-corrected chi connectivity index (χ0v) is 10.9. The van der Waals surface area contributed by atoms with Gasteiger partial charge in [-0.1, -0.05) is 0 Å². The number of anilines is 1. The van der Waals surface area contributed by atoms with Gasteiger partial charge in [0.15, 0.2) is 0 Å². The van der Waals surface area contributed by atoms with E-state index in [4.69, 9.17) is 4.74 Å². The van der Waals surface area contributed by atoms with E-state index in [2.05, 4.69) is 4.90 Å². The Morgan fingerprint density at radius 3 is 2.78 bits per heavy atom. The first-order valence-electron chi connectivity index (χ1n) is 6.36. The van der Waals surface area contributed by atoms with Crippen molar-refractivity contribution < 1.29 is 14.2 Å². The summed E-state index contributed by atoms with van der Waals surface area (Å²) >= 11 is 0. The van der Waals surface area contributed by atoms with E-state index in [1.54, 1.807) is 20.1 Å². The number of hydrogen-bond donors (Lipinski definition) is 1. The summed E-state index contributed by atoms with van der Waals surface area (Å²) in [4.78, 5) is 2.21. The highest BCUT2D eigenvalue weighted by Gasteiger charge is 2.30. The topological polar surface area (TPSA) is 32.7 Å². The van der Waals surface area contributed by atoms with E-state index in [9.17, 15) is 9.50 Å². The second-order valence-electron chi connectivity index (χ2n) is 4.80. The van der Waals surface area contributed by atoms with Gasteiger partial charge in [0, 0.05) is 30.9 Å². The molecule has 1 N–H and O–H groups in total. The molecule has 0 spiro atoms. The van der Waals surface area contributed by atoms with Crippen LogP contribution in [0.5, 0.6) is 0 Å². The standard InChI is InChI=1S/C14H20FNO2/c1-10(17)13-9-11(15)3-6-14(13)16(7-8-18-2)12-4-5-12/h3,6,9-10,12,17H,4-5,7-8H2,1-2H3. The van der Waals surface area contributed by atoms with Crippen molar-refractivity contribution in [1.29, 1.82) is 0 Å². The van der Waals surface area contributed by atoms with Crippen molar-refractivity contribution >= 4 is 5.69 Å². The van der Waals surface area contributed by atoms with E-state index in [1.807, 2.05) is 0 Å². The minimum absolute atomic E-state index is 0.308. The molecular weight excluding hydrogens is 233 g/mol. The molecule has 0 heterocycles. The van der Waals surface area contributed by atoms with E-state index in [0.29, 0.717) is 18.2 Å². The van der Waals surface area contributed by atoms with Crippen LogP contribution >= 0.6 is 0 Å². The zero-order valence-electron chi connectivity index (χ0n) is 10.9. The molecule has 1 unspecified atom stereocenters. The van der Waals surface area contributed by atoms with Gasteiger partial charge < -0.3 is 14.7 Å². The number of hydrogen-bond acceptors (Lipinski definition) is 3. The van der Waals surface area contributed by atoms with Gasteiger partial charge in [-0.15, -0.1) is 0 Å². The first-order valence-corrected chi connectivity index (χ1v) is 6.36. The maximum Gasteiger partial charge on any atom is 0.123 e. The first kappa shape index (κ1) is 13.3. The van der Waals surface area contributed by atoms with E-state index in [1.165, 1.54) is 12.1 Å². The number of rotatable bonds is 6. The molecule has 1 atom stereocenters. The largest absolute Gasteiger partial charge is 0.389 e. The molecular formula is C14H20FNO2. The van der Waals surface area contributed by atoms with Crippen molar-refractivity contribution in [3.8, 4) is 0 Å². The quantitative estimate of drug-likeness (QED) is 0.845. The van der Waals surface area contributed by atoms with Gasteiger partial charge in [0.25, 0.3) is 0 Å². The second kappa shape index (κ2) is 5.67. The van der Waals surface area contributed by atoms with Crippen LogP contribution in [0.4, 0.5) is 10.1 Å². The minimum Gasteiger partial charge on any atom is -0.389 e. The van der Waals surface area contributed by atoms with Crippen LogP contribution in [0.15, 0.2) is 18.2 Å². The van der Waals surface area contributed by atoms with Crippen LogP contribution < -0.4 is 4.90 Å². The van der Waals surface area contributed by atoms with Gasteiger partial charge in [-0.3, -0.25) is 0 Å². The summed E-state index contributed by atoms with van der Waals surface area (Å²) in [6.07, 6.45) is 1.64. The highest BCUT2D eigenvalue weighted by molar-refractivity contribution is 5.56. The molecule has 100 valence electrons. The smallest absolute Gasteiger partial charge is 0.123 e. The third-order valence-corrected chi connectivity index (χ3v) is 3.27. The van der Waals surface area contributed by atoms with Crippen molar-refractivity contribution in [2.45, 2.75) is 31.9 Å². The fraction of sp³-hybridized carbons (Fsp3) is 0.571. The van der Waals surface area contributed by atoms with Crippen LogP contribution in [-0.2, 0) is 4.74 Å². The summed E-state index contributed by atoms with van der Waals surface area (Å²) in [5, 5.41) is 9.78. The molecule has 0 radical (unpaired) electrons. The first-order chi connectivity index (χ1) is 8.63. The van der Waals surface area contributed by atoms with Crippen molar-refractivity contribution in [3.05, 3.63) is 29.6 Å². The molecule has 0 bridgehead atoms. The van der Waals surface area contributed by atoms with E-state index in [0.717, 1.165) is 25.1 Å². The maximum atomic E-state index is 13.3. The fourth-order valence-corrected chi connectivity index (χ4v) is 2.20. The van der Waals surface area contributed by atoms with Gasteiger partial charge in [-0.2, -0.15) is 0 Å². The Labute approximate surface area is 107 Å². The lowest BCUT2D eigenvalue weighted by atomic mass is 10.1. The van der Waals surface area contributed by atoms with E-state index in [-0.39, 0.29) is 5.82 Å². The van der Waals surface area contributed by atoms with Gasteiger partial charge in [0.2, 0.25) is 0 Å². The summed E-state index contributed by atoms with van der Waals surface area (Å²) in [5.74, 6) is -0.308. The Bertz CT molecular complexity index is 405. The van der Waals surface area contributed by atoms with Crippen molar-refractivity contribution in [1.82, 2.24) is 0 Å². The third-order valence-electron chi connectivity index (χ3n) is 3.27. The Hall–Kier alpha value is -1.13. The number of methoxy groups -OCH3 is 1. The Kier molecular flexibility index (Phi) is 4.19. The molecule has 1 aliphatic rings. The minimum atomic E-state index is -0.667. The van der Waals surface area contributed by atoms with E-state index < -0.39 is 6.10 Å². The van der Waals surface area contributed by atoms with Gasteiger partial charge in [0.05, 0.1) is 12.7 Å². The second-order valence-corrected chi connectivity index (χ2v) is 4.80. The maximum absolute atomic E-state index is 13.3. The van der Waals surface area contributed by atoms with Crippen molar-refractivity contribution in [3.63, 3.8) is 0 Å². The number of nitrogens with zero attached hydrogens (tertiary/aromatic N) is 1. The van der Waals surface area contributed by atoms with Crippen molar-refractivity contribution in [2.75, 3.05) is 25.2 Å². The van der Waals surface area contributed by atoms with Crippen LogP contribution in [0.25, 0.3) is 0 Å². The number of aliphatic hydroxyl groups excluding tert-OH is 1. The molecule has 18 heavy (non-hydrogen) atoms. The van der Waals surface area contributed by atoms with Gasteiger partial charge >= 0.3 is 0 Å². The van der Waals surface area contributed by atoms with Gasteiger partial charge in [-0.25, -0.2) is 4.39 Å². The molecule has 1 saturated carbocycles. The van der Waals surface area contributed by atoms with Crippen LogP contribution in [0.3, 0.4) is 0 Å². The van der Waals surface area contributed by atoms with Gasteiger partial charge in [-0.05, 0) is 38.0 Å². The summed E-state index contributed by atoms with van der Waals surface area (Å²) in [6.45, 7) is 3.07. The average Bonchev–Trinajstić information content (AvgIpc) is 3.15. The van der Waals surface area contributed by atoms with Gasteiger partial charge in [0.1, 0.15) is 5.82 Å². The predicted molar refractivity (Wildman–Crippen MR) is 69.3 cm³/mol. The lowest BCUT2D eigenvalue weighted by Gasteiger charge is -2.27. The molecule has 0 amide bonds. The predicted octanol–water partition coefficient (Wildman–Crippen LogP) is 2.49. The summed E-state index contributed by atoms with van der Waals surface area (Å²) in [7, 11) is 1.67. The van der Waals surface area contributed by atoms with Crippen LogP contribution in [0.2, 0.25) is 0 Å². The van der Waals surface area contributed by atoms with Crippen LogP contribution in [-0.4, -0.2) is 31.4 Å². The molecule has 0 aromatic heterocycles. The van der Waals surface area contributed by atoms with Crippen molar-refractivity contribution in [2.24, 2.45) is 0 Å². The molecule has 0 aliphatic heterocycles. The number of ether oxygens (including phenoxy) is 1. The molecule has 1 aromatic carbocycles. The molecule has 2 rings (SSSR count). The normalized spacial score (nSPS) is 16.7. The van der Waals surface area contributed by atoms with Crippen LogP contribution in [0, 0.1) is 5.82 Å². The Balaban J connectivity index is 2.28. The molecule has 3 nitrogen and oxygen atoms in total. The number of benzene rings is 1. The average molecular weight is 253 g/mol. The zero-order chi connectivity index (χ0) is 13.1. The molecule has 1 aliphatic carbocycles. The number of halogens is 1. The third kappa shape index (κ3) is 3.00.